The number of amides is 1. The standard InChI is InChI=1S/C17H20N2O/c1-12(19-17(20)9-13-10-18-11-13)15-8-4-6-14-5-2-3-7-16(14)15/h2-8,12-13,18H,9-11H2,1H3,(H,19,20). The van der Waals surface area contributed by atoms with Crippen LogP contribution in [-0.2, 0) is 4.79 Å². The average molecular weight is 268 g/mol. The molecule has 2 aromatic rings. The van der Waals surface area contributed by atoms with Crippen molar-refractivity contribution in [2.75, 3.05) is 13.1 Å². The molecule has 1 heterocycles. The largest absolute Gasteiger partial charge is 0.350 e. The van der Waals surface area contributed by atoms with Crippen molar-refractivity contribution in [3.8, 4) is 0 Å². The molecule has 0 bridgehead atoms. The summed E-state index contributed by atoms with van der Waals surface area (Å²) in [4.78, 5) is 12.0. The molecule has 0 spiro atoms. The lowest BCUT2D eigenvalue weighted by molar-refractivity contribution is -0.123. The molecule has 2 N–H and O–H groups in total. The smallest absolute Gasteiger partial charge is 0.220 e. The van der Waals surface area contributed by atoms with Gasteiger partial charge in [-0.3, -0.25) is 4.79 Å². The Hall–Kier alpha value is -1.87. The van der Waals surface area contributed by atoms with E-state index in [1.807, 2.05) is 12.1 Å². The Morgan fingerprint density at radius 3 is 2.75 bits per heavy atom. The summed E-state index contributed by atoms with van der Waals surface area (Å²) >= 11 is 0. The molecule has 1 amide bonds. The molecule has 3 nitrogen and oxygen atoms in total. The average Bonchev–Trinajstić information content (AvgIpc) is 2.42. The molecule has 1 fully saturated rings. The second-order valence-corrected chi connectivity index (χ2v) is 5.59. The van der Waals surface area contributed by atoms with Crippen molar-refractivity contribution in [3.05, 3.63) is 48.0 Å². The van der Waals surface area contributed by atoms with Crippen LogP contribution in [0.3, 0.4) is 0 Å². The minimum atomic E-state index is 0.0432. The number of hydrogen-bond donors (Lipinski definition) is 2. The highest BCUT2D eigenvalue weighted by Gasteiger charge is 2.21. The van der Waals surface area contributed by atoms with E-state index >= 15 is 0 Å². The second kappa shape index (κ2) is 5.63. The topological polar surface area (TPSA) is 41.1 Å². The van der Waals surface area contributed by atoms with Gasteiger partial charge in [0.2, 0.25) is 5.91 Å². The van der Waals surface area contributed by atoms with Gasteiger partial charge in [0.15, 0.2) is 0 Å². The van der Waals surface area contributed by atoms with E-state index in [1.165, 1.54) is 16.3 Å². The zero-order chi connectivity index (χ0) is 13.9. The van der Waals surface area contributed by atoms with E-state index in [0.29, 0.717) is 12.3 Å². The Morgan fingerprint density at radius 2 is 2.00 bits per heavy atom. The lowest BCUT2D eigenvalue weighted by atomic mass is 9.97. The fourth-order valence-corrected chi connectivity index (χ4v) is 2.76. The summed E-state index contributed by atoms with van der Waals surface area (Å²) < 4.78 is 0. The Bertz CT molecular complexity index is 614. The number of nitrogens with one attached hydrogen (secondary N) is 2. The van der Waals surface area contributed by atoms with Gasteiger partial charge in [0, 0.05) is 6.42 Å². The number of carbonyl (C=O) groups is 1. The monoisotopic (exact) mass is 268 g/mol. The van der Waals surface area contributed by atoms with Crippen LogP contribution < -0.4 is 10.6 Å². The predicted molar refractivity (Wildman–Crippen MR) is 81.5 cm³/mol. The Morgan fingerprint density at radius 1 is 1.25 bits per heavy atom. The van der Waals surface area contributed by atoms with Gasteiger partial charge >= 0.3 is 0 Å². The molecular formula is C17H20N2O. The highest BCUT2D eigenvalue weighted by atomic mass is 16.1. The SMILES string of the molecule is CC(NC(=O)CC1CNC1)c1cccc2ccccc12. The van der Waals surface area contributed by atoms with Gasteiger partial charge in [-0.25, -0.2) is 0 Å². The molecule has 3 rings (SSSR count). The van der Waals surface area contributed by atoms with Crippen molar-refractivity contribution in [3.63, 3.8) is 0 Å². The molecule has 1 aliphatic heterocycles. The lowest BCUT2D eigenvalue weighted by Crippen LogP contribution is -2.44. The summed E-state index contributed by atoms with van der Waals surface area (Å²) in [5, 5.41) is 8.75. The van der Waals surface area contributed by atoms with Gasteiger partial charge in [-0.05, 0) is 42.3 Å². The lowest BCUT2D eigenvalue weighted by Gasteiger charge is -2.27. The van der Waals surface area contributed by atoms with Crippen LogP contribution in [-0.4, -0.2) is 19.0 Å². The van der Waals surface area contributed by atoms with Crippen LogP contribution in [0.15, 0.2) is 42.5 Å². The molecule has 104 valence electrons. The third kappa shape index (κ3) is 2.68. The molecule has 3 heteroatoms. The fourth-order valence-electron chi connectivity index (χ4n) is 2.76. The molecule has 0 saturated carbocycles. The van der Waals surface area contributed by atoms with Gasteiger partial charge in [0.1, 0.15) is 0 Å². The van der Waals surface area contributed by atoms with Crippen LogP contribution in [0.2, 0.25) is 0 Å². The summed E-state index contributed by atoms with van der Waals surface area (Å²) in [5.41, 5.74) is 1.18. The molecule has 0 aliphatic carbocycles. The molecule has 1 saturated heterocycles. The van der Waals surface area contributed by atoms with Crippen LogP contribution in [0, 0.1) is 5.92 Å². The maximum absolute atomic E-state index is 12.0. The fraction of sp³-hybridized carbons (Fsp3) is 0.353. The van der Waals surface area contributed by atoms with E-state index in [1.54, 1.807) is 0 Å². The Balaban J connectivity index is 1.74. The zero-order valence-electron chi connectivity index (χ0n) is 11.7. The van der Waals surface area contributed by atoms with Crippen molar-refractivity contribution in [2.24, 2.45) is 5.92 Å². The number of fused-ring (bicyclic) bond motifs is 1. The van der Waals surface area contributed by atoms with Crippen molar-refractivity contribution in [1.29, 1.82) is 0 Å². The van der Waals surface area contributed by atoms with E-state index in [0.717, 1.165) is 13.1 Å². The van der Waals surface area contributed by atoms with Crippen molar-refractivity contribution in [2.45, 2.75) is 19.4 Å². The van der Waals surface area contributed by atoms with Gasteiger partial charge in [-0.15, -0.1) is 0 Å². The minimum Gasteiger partial charge on any atom is -0.350 e. The molecule has 20 heavy (non-hydrogen) atoms. The highest BCUT2D eigenvalue weighted by Crippen LogP contribution is 2.24. The third-order valence-corrected chi connectivity index (χ3v) is 4.01. The van der Waals surface area contributed by atoms with E-state index < -0.39 is 0 Å². The van der Waals surface area contributed by atoms with Crippen LogP contribution >= 0.6 is 0 Å². The Labute approximate surface area is 119 Å². The van der Waals surface area contributed by atoms with Gasteiger partial charge in [0.25, 0.3) is 0 Å². The van der Waals surface area contributed by atoms with Crippen molar-refractivity contribution in [1.82, 2.24) is 10.6 Å². The van der Waals surface area contributed by atoms with Gasteiger partial charge in [0.05, 0.1) is 6.04 Å². The van der Waals surface area contributed by atoms with E-state index in [9.17, 15) is 4.79 Å². The Kier molecular flexibility index (Phi) is 3.70. The minimum absolute atomic E-state index is 0.0432. The summed E-state index contributed by atoms with van der Waals surface area (Å²) in [6.07, 6.45) is 0.627. The first kappa shape index (κ1) is 13.1. The summed E-state index contributed by atoms with van der Waals surface area (Å²) in [5.74, 6) is 0.659. The summed E-state index contributed by atoms with van der Waals surface area (Å²) in [6.45, 7) is 3.99. The number of benzene rings is 2. The molecule has 0 radical (unpaired) electrons. The van der Waals surface area contributed by atoms with Gasteiger partial charge in [-0.2, -0.15) is 0 Å². The number of hydrogen-bond acceptors (Lipinski definition) is 2. The van der Waals surface area contributed by atoms with Crippen molar-refractivity contribution < 1.29 is 4.79 Å². The van der Waals surface area contributed by atoms with Crippen molar-refractivity contribution >= 4 is 16.7 Å². The first-order valence-corrected chi connectivity index (χ1v) is 7.22. The third-order valence-electron chi connectivity index (χ3n) is 4.01. The van der Waals surface area contributed by atoms with Gasteiger partial charge < -0.3 is 10.6 Å². The summed E-state index contributed by atoms with van der Waals surface area (Å²) in [6, 6.07) is 14.6. The molecular weight excluding hydrogens is 248 g/mol. The number of carbonyl (C=O) groups excluding carboxylic acids is 1. The van der Waals surface area contributed by atoms with Crippen LogP contribution in [0.5, 0.6) is 0 Å². The molecule has 1 atom stereocenters. The van der Waals surface area contributed by atoms with Crippen LogP contribution in [0.25, 0.3) is 10.8 Å². The quantitative estimate of drug-likeness (QED) is 0.895. The normalized spacial score (nSPS) is 16.6. The van der Waals surface area contributed by atoms with E-state index in [-0.39, 0.29) is 11.9 Å². The summed E-state index contributed by atoms with van der Waals surface area (Å²) in [7, 11) is 0. The first-order chi connectivity index (χ1) is 9.74. The molecule has 2 aromatic carbocycles. The van der Waals surface area contributed by atoms with E-state index in [4.69, 9.17) is 0 Å². The zero-order valence-corrected chi connectivity index (χ0v) is 11.7. The molecule has 0 aromatic heterocycles. The highest BCUT2D eigenvalue weighted by molar-refractivity contribution is 5.86. The molecule has 1 aliphatic rings. The van der Waals surface area contributed by atoms with Crippen LogP contribution in [0.4, 0.5) is 0 Å². The maximum atomic E-state index is 12.0. The second-order valence-electron chi connectivity index (χ2n) is 5.59. The predicted octanol–water partition coefficient (Wildman–Crippen LogP) is 2.63. The van der Waals surface area contributed by atoms with Crippen LogP contribution in [0.1, 0.15) is 24.9 Å². The maximum Gasteiger partial charge on any atom is 0.220 e. The number of rotatable bonds is 4. The van der Waals surface area contributed by atoms with Gasteiger partial charge in [-0.1, -0.05) is 42.5 Å². The van der Waals surface area contributed by atoms with E-state index in [2.05, 4.69) is 47.9 Å². The first-order valence-electron chi connectivity index (χ1n) is 7.22. The molecule has 1 unspecified atom stereocenters.